The molecule has 1 saturated carbocycles. The third-order valence-corrected chi connectivity index (χ3v) is 9.07. The van der Waals surface area contributed by atoms with Gasteiger partial charge in [0.25, 0.3) is 0 Å². The summed E-state index contributed by atoms with van der Waals surface area (Å²) in [6.07, 6.45) is 2.89. The lowest BCUT2D eigenvalue weighted by molar-refractivity contribution is -0.161. The maximum absolute atomic E-state index is 13.7. The van der Waals surface area contributed by atoms with Crippen LogP contribution in [0.1, 0.15) is 74.1 Å². The van der Waals surface area contributed by atoms with Crippen molar-refractivity contribution in [3.8, 4) is 0 Å². The van der Waals surface area contributed by atoms with Crippen molar-refractivity contribution in [3.63, 3.8) is 0 Å². The Morgan fingerprint density at radius 3 is 1.83 bits per heavy atom. The van der Waals surface area contributed by atoms with Gasteiger partial charge < -0.3 is 4.74 Å². The van der Waals surface area contributed by atoms with Gasteiger partial charge in [-0.25, -0.2) is 0 Å². The maximum Gasteiger partial charge on any atom is 0.326 e. The van der Waals surface area contributed by atoms with Gasteiger partial charge in [-0.1, -0.05) is 75.7 Å². The van der Waals surface area contributed by atoms with Crippen LogP contribution in [0.2, 0.25) is 0 Å². The summed E-state index contributed by atoms with van der Waals surface area (Å²) < 4.78 is 5.96. The molecule has 4 aliphatic carbocycles. The van der Waals surface area contributed by atoms with Gasteiger partial charge in [-0.05, 0) is 52.8 Å². The van der Waals surface area contributed by atoms with Crippen molar-refractivity contribution < 1.29 is 19.1 Å². The first-order chi connectivity index (χ1) is 16.9. The Kier molecular flexibility index (Phi) is 5.35. The molecular formula is C30H33NO4. The molecular weight excluding hydrogens is 438 g/mol. The molecule has 0 spiro atoms. The van der Waals surface area contributed by atoms with Gasteiger partial charge in [0.15, 0.2) is 0 Å². The Morgan fingerprint density at radius 1 is 0.886 bits per heavy atom. The molecule has 1 saturated heterocycles. The predicted molar refractivity (Wildman–Crippen MR) is 131 cm³/mol. The van der Waals surface area contributed by atoms with Crippen molar-refractivity contribution in [1.29, 1.82) is 0 Å². The quantitative estimate of drug-likeness (QED) is 0.471. The molecule has 5 aliphatic rings. The molecule has 5 nitrogen and oxygen atoms in total. The molecule has 1 heterocycles. The Bertz CT molecular complexity index is 1090. The summed E-state index contributed by atoms with van der Waals surface area (Å²) >= 11 is 0. The fourth-order valence-corrected chi connectivity index (χ4v) is 7.48. The van der Waals surface area contributed by atoms with Crippen LogP contribution in [0.25, 0.3) is 0 Å². The first-order valence-corrected chi connectivity index (χ1v) is 13.1. The lowest BCUT2D eigenvalue weighted by Gasteiger charge is -2.45. The summed E-state index contributed by atoms with van der Waals surface area (Å²) in [7, 11) is 0. The lowest BCUT2D eigenvalue weighted by Crippen LogP contribution is -2.41. The first kappa shape index (κ1) is 22.5. The van der Waals surface area contributed by atoms with Crippen LogP contribution in [0.5, 0.6) is 0 Å². The number of hydrogen-bond acceptors (Lipinski definition) is 4. The highest BCUT2D eigenvalue weighted by Crippen LogP contribution is 2.60. The van der Waals surface area contributed by atoms with Crippen LogP contribution < -0.4 is 0 Å². The average Bonchev–Trinajstić information content (AvgIpc) is 3.09. The molecule has 0 aromatic heterocycles. The van der Waals surface area contributed by atoms with Crippen LogP contribution in [0.15, 0.2) is 48.5 Å². The minimum Gasteiger partial charge on any atom is -0.461 e. The summed E-state index contributed by atoms with van der Waals surface area (Å²) in [5.41, 5.74) is 4.55. The van der Waals surface area contributed by atoms with Crippen molar-refractivity contribution in [2.45, 2.75) is 58.0 Å². The van der Waals surface area contributed by atoms with Gasteiger partial charge in [-0.3, -0.25) is 19.3 Å². The van der Waals surface area contributed by atoms with Crippen LogP contribution in [0.4, 0.5) is 0 Å². The SMILES string of the molecule is CC(C)[C@H]1CC[C@@H](C)C[C@H]1OC(=O)CN1C(=O)[C@@H]2C3c4ccccc4C(c4ccccc43)[C@H]2C1=O. The van der Waals surface area contributed by atoms with Crippen LogP contribution in [-0.4, -0.2) is 35.3 Å². The number of hydrogen-bond donors (Lipinski definition) is 0. The minimum absolute atomic E-state index is 0.147. The fourth-order valence-electron chi connectivity index (χ4n) is 7.48. The lowest BCUT2D eigenvalue weighted by atomic mass is 9.55. The standard InChI is InChI=1S/C30H33NO4/c1-16(2)18-13-12-17(3)14-23(18)35-24(32)15-31-29(33)27-25-19-8-4-5-9-20(19)26(28(27)30(31)34)22-11-7-6-10-21(22)25/h4-11,16-18,23,25-28H,12-15H2,1-3H3/t17-,18-,23-,25?,26?,27-,28-/m1/s1. The van der Waals surface area contributed by atoms with Crippen LogP contribution >= 0.6 is 0 Å². The topological polar surface area (TPSA) is 63.7 Å². The summed E-state index contributed by atoms with van der Waals surface area (Å²) in [4.78, 5) is 41.7. The van der Waals surface area contributed by atoms with Gasteiger partial charge in [0.05, 0.1) is 11.8 Å². The second-order valence-corrected chi connectivity index (χ2v) is 11.4. The summed E-state index contributed by atoms with van der Waals surface area (Å²) in [5.74, 6) is -0.883. The monoisotopic (exact) mass is 471 g/mol. The third kappa shape index (κ3) is 3.38. The molecule has 5 heteroatoms. The van der Waals surface area contributed by atoms with Gasteiger partial charge in [-0.2, -0.15) is 0 Å². The van der Waals surface area contributed by atoms with Gasteiger partial charge in [0.1, 0.15) is 12.6 Å². The van der Waals surface area contributed by atoms with Gasteiger partial charge >= 0.3 is 5.97 Å². The van der Waals surface area contributed by atoms with E-state index in [1.807, 2.05) is 24.3 Å². The first-order valence-electron chi connectivity index (χ1n) is 13.1. The molecule has 2 aromatic rings. The van der Waals surface area contributed by atoms with E-state index in [4.69, 9.17) is 4.74 Å². The molecule has 2 fully saturated rings. The van der Waals surface area contributed by atoms with Gasteiger partial charge in [-0.15, -0.1) is 0 Å². The molecule has 35 heavy (non-hydrogen) atoms. The van der Waals surface area contributed by atoms with E-state index in [9.17, 15) is 14.4 Å². The smallest absolute Gasteiger partial charge is 0.326 e. The largest absolute Gasteiger partial charge is 0.461 e. The molecule has 2 amide bonds. The van der Waals surface area contributed by atoms with E-state index in [2.05, 4.69) is 45.0 Å². The number of likely N-dealkylation sites (tertiary alicyclic amines) is 1. The fraction of sp³-hybridized carbons (Fsp3) is 0.500. The molecule has 2 aromatic carbocycles. The van der Waals surface area contributed by atoms with Crippen LogP contribution in [-0.2, 0) is 19.1 Å². The summed E-state index contributed by atoms with van der Waals surface area (Å²) in [6.45, 7) is 6.25. The number of carbonyl (C=O) groups excluding carboxylic acids is 3. The Morgan fingerprint density at radius 2 is 1.37 bits per heavy atom. The molecule has 2 bridgehead atoms. The molecule has 1 aliphatic heterocycles. The predicted octanol–water partition coefficient (Wildman–Crippen LogP) is 4.88. The second-order valence-electron chi connectivity index (χ2n) is 11.4. The van der Waals surface area contributed by atoms with E-state index in [1.54, 1.807) is 0 Å². The molecule has 0 N–H and O–H groups in total. The maximum atomic E-state index is 13.7. The van der Waals surface area contributed by atoms with E-state index in [0.29, 0.717) is 17.8 Å². The number of rotatable bonds is 4. The Hall–Kier alpha value is -2.95. The molecule has 0 unspecified atom stereocenters. The van der Waals surface area contributed by atoms with E-state index in [1.165, 1.54) is 4.90 Å². The summed E-state index contributed by atoms with van der Waals surface area (Å²) in [5, 5.41) is 0. The van der Waals surface area contributed by atoms with Crippen molar-refractivity contribution in [2.24, 2.45) is 29.6 Å². The zero-order valence-corrected chi connectivity index (χ0v) is 20.6. The van der Waals surface area contributed by atoms with Gasteiger partial charge in [0.2, 0.25) is 11.8 Å². The number of imide groups is 1. The number of nitrogens with zero attached hydrogens (tertiary/aromatic N) is 1. The normalized spacial score (nSPS) is 32.9. The van der Waals surface area contributed by atoms with Gasteiger partial charge in [0, 0.05) is 11.8 Å². The number of esters is 1. The number of benzene rings is 2. The number of ether oxygens (including phenoxy) is 1. The van der Waals surface area contributed by atoms with Crippen molar-refractivity contribution in [2.75, 3.05) is 6.54 Å². The molecule has 7 rings (SSSR count). The second kappa shape index (κ2) is 8.32. The van der Waals surface area contributed by atoms with E-state index in [-0.39, 0.29) is 36.3 Å². The van der Waals surface area contributed by atoms with E-state index < -0.39 is 17.8 Å². The van der Waals surface area contributed by atoms with Crippen LogP contribution in [0.3, 0.4) is 0 Å². The van der Waals surface area contributed by atoms with Crippen molar-refractivity contribution >= 4 is 17.8 Å². The number of amides is 2. The molecule has 182 valence electrons. The third-order valence-electron chi connectivity index (χ3n) is 9.07. The van der Waals surface area contributed by atoms with E-state index in [0.717, 1.165) is 41.5 Å². The zero-order valence-electron chi connectivity index (χ0n) is 20.6. The Labute approximate surface area is 206 Å². The highest BCUT2D eigenvalue weighted by molar-refractivity contribution is 6.09. The zero-order chi connectivity index (χ0) is 24.4. The molecule has 5 atom stereocenters. The number of carbonyl (C=O) groups is 3. The highest BCUT2D eigenvalue weighted by Gasteiger charge is 2.61. The average molecular weight is 472 g/mol. The van der Waals surface area contributed by atoms with Crippen molar-refractivity contribution in [1.82, 2.24) is 4.90 Å². The Balaban J connectivity index is 1.28. The highest BCUT2D eigenvalue weighted by atomic mass is 16.5. The summed E-state index contributed by atoms with van der Waals surface area (Å²) in [6, 6.07) is 16.4. The van der Waals surface area contributed by atoms with Crippen LogP contribution in [0, 0.1) is 29.6 Å². The molecule has 0 radical (unpaired) electrons. The van der Waals surface area contributed by atoms with E-state index >= 15 is 0 Å². The van der Waals surface area contributed by atoms with Crippen molar-refractivity contribution in [3.05, 3.63) is 70.8 Å². The minimum atomic E-state index is -0.461.